The molecule has 1 N–H and O–H groups in total. The van der Waals surface area contributed by atoms with Crippen LogP contribution in [0.1, 0.15) is 41.0 Å². The molecule has 0 bridgehead atoms. The molecule has 2 rings (SSSR count). The molecule has 0 radical (unpaired) electrons. The number of carbonyl (C=O) groups is 2. The molecule has 6 heteroatoms. The predicted octanol–water partition coefficient (Wildman–Crippen LogP) is 1.43. The molecule has 5 nitrogen and oxygen atoms in total. The van der Waals surface area contributed by atoms with Crippen LogP contribution in [0.15, 0.2) is 0 Å². The van der Waals surface area contributed by atoms with E-state index in [1.165, 1.54) is 0 Å². The summed E-state index contributed by atoms with van der Waals surface area (Å²) in [6.45, 7) is 8.98. The normalized spacial score (nSPS) is 32.1. The minimum absolute atomic E-state index is 0.0498. The largest absolute Gasteiger partial charge is 0.461 e. The van der Waals surface area contributed by atoms with Crippen molar-refractivity contribution in [2.45, 2.75) is 70.1 Å². The summed E-state index contributed by atoms with van der Waals surface area (Å²) in [5, 5.41) is 10.2. The number of carbonyl (C=O) groups excluding carboxylic acids is 2. The van der Waals surface area contributed by atoms with Gasteiger partial charge in [-0.2, -0.15) is 11.8 Å². The summed E-state index contributed by atoms with van der Waals surface area (Å²) in [5.74, 6) is 0.0330. The lowest BCUT2D eigenvalue weighted by Crippen LogP contribution is -2.67. The van der Waals surface area contributed by atoms with Crippen molar-refractivity contribution < 1.29 is 19.4 Å². The minimum atomic E-state index is -1.05. The molecule has 2 fully saturated rings. The van der Waals surface area contributed by atoms with Gasteiger partial charge in [0.05, 0.1) is 17.6 Å². The van der Waals surface area contributed by atoms with Crippen molar-refractivity contribution in [3.05, 3.63) is 0 Å². The van der Waals surface area contributed by atoms with Gasteiger partial charge in [0, 0.05) is 11.3 Å². The number of esters is 1. The number of nitrogens with zero attached hydrogens (tertiary/aromatic N) is 1. The summed E-state index contributed by atoms with van der Waals surface area (Å²) in [6, 6.07) is -0.556. The first-order valence-corrected chi connectivity index (χ1v) is 8.60. The number of hydrogen-bond donors (Lipinski definition) is 1. The third-order valence-electron chi connectivity index (χ3n) is 4.12. The van der Waals surface area contributed by atoms with Gasteiger partial charge < -0.3 is 14.7 Å². The second-order valence-electron chi connectivity index (χ2n) is 6.60. The topological polar surface area (TPSA) is 66.8 Å². The Bertz CT molecular complexity index is 430. The predicted molar refractivity (Wildman–Crippen MR) is 82.0 cm³/mol. The Morgan fingerprint density at radius 3 is 2.62 bits per heavy atom. The third-order valence-corrected chi connectivity index (χ3v) is 5.34. The van der Waals surface area contributed by atoms with Crippen LogP contribution in [0.5, 0.6) is 0 Å². The molecular weight excluding hydrogens is 290 g/mol. The highest BCUT2D eigenvalue weighted by Gasteiger charge is 2.63. The number of thioether (sulfide) groups is 1. The number of amides is 1. The van der Waals surface area contributed by atoms with Crippen LogP contribution in [0.25, 0.3) is 0 Å². The first-order valence-electron chi connectivity index (χ1n) is 7.55. The molecule has 0 aromatic heterocycles. The van der Waals surface area contributed by atoms with Crippen LogP contribution in [0.4, 0.5) is 0 Å². The highest BCUT2D eigenvalue weighted by Crippen LogP contribution is 2.47. The van der Waals surface area contributed by atoms with Gasteiger partial charge >= 0.3 is 5.97 Å². The molecule has 4 atom stereocenters. The van der Waals surface area contributed by atoms with Gasteiger partial charge in [-0.15, -0.1) is 0 Å². The summed E-state index contributed by atoms with van der Waals surface area (Å²) < 4.78 is 5.32. The van der Waals surface area contributed by atoms with E-state index >= 15 is 0 Å². The second-order valence-corrected chi connectivity index (χ2v) is 8.12. The Labute approximate surface area is 130 Å². The molecule has 0 saturated carbocycles. The maximum Gasteiger partial charge on any atom is 0.330 e. The van der Waals surface area contributed by atoms with Crippen molar-refractivity contribution >= 4 is 23.6 Å². The number of fused-ring (bicyclic) bond motifs is 1. The number of β-lactam (4-membered cyclic amide) rings is 1. The Morgan fingerprint density at radius 1 is 1.52 bits per heavy atom. The molecule has 0 aliphatic carbocycles. The van der Waals surface area contributed by atoms with Crippen LogP contribution < -0.4 is 0 Å². The molecule has 0 aromatic carbocycles. The van der Waals surface area contributed by atoms with E-state index < -0.39 is 17.6 Å². The van der Waals surface area contributed by atoms with E-state index in [4.69, 9.17) is 4.74 Å². The minimum Gasteiger partial charge on any atom is -0.461 e. The number of ether oxygens (including phenoxy) is 1. The zero-order valence-electron chi connectivity index (χ0n) is 13.3. The van der Waals surface area contributed by atoms with Crippen LogP contribution >= 0.6 is 11.8 Å². The molecule has 2 aliphatic heterocycles. The highest BCUT2D eigenvalue weighted by molar-refractivity contribution is 7.99. The monoisotopic (exact) mass is 315 g/mol. The Hall–Kier alpha value is -0.750. The molecule has 120 valence electrons. The molecule has 2 saturated heterocycles. The standard InChI is InChI=1S/C15H25NO4S/c1-6-21-10-7-9-11(15(4,5)19)13(17)16(9)12(10)14(18)20-8(2)3/h8-12,19H,6-7H2,1-5H3/t9-,10?,11+,12?/m1/s1. The SMILES string of the molecule is CCSC1C[C@@H]2[C@H](C(C)(C)O)C(=O)N2C1C(=O)OC(C)C. The maximum absolute atomic E-state index is 12.4. The van der Waals surface area contributed by atoms with Crippen molar-refractivity contribution in [3.63, 3.8) is 0 Å². The van der Waals surface area contributed by atoms with E-state index in [9.17, 15) is 14.7 Å². The summed E-state index contributed by atoms with van der Waals surface area (Å²) in [6.07, 6.45) is 0.557. The Morgan fingerprint density at radius 2 is 2.14 bits per heavy atom. The van der Waals surface area contributed by atoms with Gasteiger partial charge in [0.15, 0.2) is 0 Å². The summed E-state index contributed by atoms with van der Waals surface area (Å²) in [5.41, 5.74) is -1.05. The number of hydrogen-bond acceptors (Lipinski definition) is 5. The zero-order valence-corrected chi connectivity index (χ0v) is 14.1. The smallest absolute Gasteiger partial charge is 0.330 e. The van der Waals surface area contributed by atoms with Crippen LogP contribution in [-0.2, 0) is 14.3 Å². The average molecular weight is 315 g/mol. The zero-order chi connectivity index (χ0) is 15.9. The Kier molecular flexibility index (Phi) is 4.59. The molecule has 0 aromatic rings. The first-order chi connectivity index (χ1) is 9.68. The second kappa shape index (κ2) is 5.80. The van der Waals surface area contributed by atoms with Crippen molar-refractivity contribution in [2.75, 3.05) is 5.75 Å². The maximum atomic E-state index is 12.4. The van der Waals surface area contributed by atoms with Gasteiger partial charge in [-0.05, 0) is 39.9 Å². The molecule has 1 amide bonds. The summed E-state index contributed by atoms with van der Waals surface area (Å²) in [4.78, 5) is 26.4. The summed E-state index contributed by atoms with van der Waals surface area (Å²) >= 11 is 1.69. The Balaban J connectivity index is 2.20. The van der Waals surface area contributed by atoms with Crippen LogP contribution in [0.2, 0.25) is 0 Å². The van der Waals surface area contributed by atoms with E-state index in [1.54, 1.807) is 30.5 Å². The lowest BCUT2D eigenvalue weighted by atomic mass is 9.76. The lowest BCUT2D eigenvalue weighted by Gasteiger charge is -2.49. The lowest BCUT2D eigenvalue weighted by molar-refractivity contribution is -0.179. The van der Waals surface area contributed by atoms with Crippen molar-refractivity contribution in [3.8, 4) is 0 Å². The van der Waals surface area contributed by atoms with Gasteiger partial charge in [0.1, 0.15) is 6.04 Å². The molecule has 2 aliphatic rings. The van der Waals surface area contributed by atoms with Crippen molar-refractivity contribution in [1.29, 1.82) is 0 Å². The number of rotatable bonds is 5. The van der Waals surface area contributed by atoms with Crippen LogP contribution in [0, 0.1) is 5.92 Å². The molecule has 2 heterocycles. The van der Waals surface area contributed by atoms with E-state index in [-0.39, 0.29) is 29.3 Å². The van der Waals surface area contributed by atoms with Crippen LogP contribution in [-0.4, -0.2) is 56.7 Å². The van der Waals surface area contributed by atoms with Crippen molar-refractivity contribution in [1.82, 2.24) is 4.90 Å². The van der Waals surface area contributed by atoms with Gasteiger partial charge in [0.2, 0.25) is 5.91 Å². The fourth-order valence-electron chi connectivity index (χ4n) is 3.42. The molecule has 21 heavy (non-hydrogen) atoms. The van der Waals surface area contributed by atoms with E-state index in [1.807, 2.05) is 20.8 Å². The fourth-order valence-corrected chi connectivity index (χ4v) is 4.61. The summed E-state index contributed by atoms with van der Waals surface area (Å²) in [7, 11) is 0. The molecule has 2 unspecified atom stereocenters. The van der Waals surface area contributed by atoms with Gasteiger partial charge in [-0.25, -0.2) is 4.79 Å². The molecule has 0 spiro atoms. The van der Waals surface area contributed by atoms with Gasteiger partial charge in [-0.1, -0.05) is 6.92 Å². The first kappa shape index (κ1) is 16.6. The van der Waals surface area contributed by atoms with Crippen LogP contribution in [0.3, 0.4) is 0 Å². The van der Waals surface area contributed by atoms with E-state index in [2.05, 4.69) is 0 Å². The quantitative estimate of drug-likeness (QED) is 0.614. The van der Waals surface area contributed by atoms with E-state index in [0.29, 0.717) is 0 Å². The fraction of sp³-hybridized carbons (Fsp3) is 0.867. The van der Waals surface area contributed by atoms with Gasteiger partial charge in [0.25, 0.3) is 0 Å². The number of aliphatic hydroxyl groups is 1. The molecular formula is C15H25NO4S. The average Bonchev–Trinajstić information content (AvgIpc) is 2.61. The highest BCUT2D eigenvalue weighted by atomic mass is 32.2. The van der Waals surface area contributed by atoms with E-state index in [0.717, 1.165) is 12.2 Å². The third kappa shape index (κ3) is 2.93. The van der Waals surface area contributed by atoms with Gasteiger partial charge in [-0.3, -0.25) is 4.79 Å². The van der Waals surface area contributed by atoms with Crippen molar-refractivity contribution in [2.24, 2.45) is 5.92 Å².